The predicted molar refractivity (Wildman–Crippen MR) is 72.2 cm³/mol. The minimum Gasteiger partial charge on any atom is -0.310 e. The van der Waals surface area contributed by atoms with Crippen LogP contribution in [0, 0.1) is 0 Å². The summed E-state index contributed by atoms with van der Waals surface area (Å²) < 4.78 is 3.01. The van der Waals surface area contributed by atoms with Crippen molar-refractivity contribution in [3.05, 3.63) is 28.0 Å². The first-order valence-corrected chi connectivity index (χ1v) is 6.69. The molecule has 0 amide bonds. The lowest BCUT2D eigenvalue weighted by Gasteiger charge is -2.13. The van der Waals surface area contributed by atoms with Crippen molar-refractivity contribution in [3.8, 4) is 0 Å². The van der Waals surface area contributed by atoms with Crippen LogP contribution in [0.5, 0.6) is 0 Å². The Morgan fingerprint density at radius 3 is 2.83 bits per heavy atom. The highest BCUT2D eigenvalue weighted by Crippen LogP contribution is 2.25. The van der Waals surface area contributed by atoms with Gasteiger partial charge < -0.3 is 5.32 Å². The number of rotatable bonds is 5. The maximum absolute atomic E-state index is 4.49. The highest BCUT2D eigenvalue weighted by Gasteiger charge is 2.19. The molecule has 98 valence electrons. The lowest BCUT2D eigenvalue weighted by atomic mass is 10.1. The highest BCUT2D eigenvalue weighted by atomic mass is 79.9. The zero-order valence-corrected chi connectivity index (χ0v) is 12.3. The van der Waals surface area contributed by atoms with Crippen molar-refractivity contribution >= 4 is 15.9 Å². The summed E-state index contributed by atoms with van der Waals surface area (Å²) in [6, 6.07) is 0.101. The molecule has 0 saturated heterocycles. The summed E-state index contributed by atoms with van der Waals surface area (Å²) in [5.74, 6) is 0.837. The van der Waals surface area contributed by atoms with Crippen LogP contribution in [0.2, 0.25) is 0 Å². The minimum atomic E-state index is 0.101. The van der Waals surface area contributed by atoms with Crippen molar-refractivity contribution < 1.29 is 0 Å². The van der Waals surface area contributed by atoms with E-state index in [4.69, 9.17) is 0 Å². The van der Waals surface area contributed by atoms with Gasteiger partial charge in [0.05, 0.1) is 21.9 Å². The predicted octanol–water partition coefficient (Wildman–Crippen LogP) is 1.37. The van der Waals surface area contributed by atoms with Crippen LogP contribution in [0.15, 0.2) is 10.8 Å². The molecular formula is C11H17BrN6. The quantitative estimate of drug-likeness (QED) is 0.874. The first-order valence-electron chi connectivity index (χ1n) is 5.90. The number of nitrogens with one attached hydrogen (secondary N) is 2. The van der Waals surface area contributed by atoms with E-state index >= 15 is 0 Å². The van der Waals surface area contributed by atoms with Gasteiger partial charge in [0.15, 0.2) is 0 Å². The Kier molecular flexibility index (Phi) is 4.13. The lowest BCUT2D eigenvalue weighted by molar-refractivity contribution is 0.535. The average molecular weight is 313 g/mol. The largest absolute Gasteiger partial charge is 0.310 e. The normalized spacial score (nSPS) is 12.9. The molecule has 0 radical (unpaired) electrons. The van der Waals surface area contributed by atoms with Gasteiger partial charge in [0.1, 0.15) is 12.2 Å². The van der Waals surface area contributed by atoms with E-state index in [1.807, 2.05) is 18.8 Å². The molecule has 0 spiro atoms. The Labute approximate surface area is 114 Å². The van der Waals surface area contributed by atoms with Crippen LogP contribution >= 0.6 is 15.9 Å². The summed E-state index contributed by atoms with van der Waals surface area (Å²) in [5, 5.41) is 14.5. The molecule has 0 aliphatic rings. The van der Waals surface area contributed by atoms with Crippen molar-refractivity contribution in [3.63, 3.8) is 0 Å². The third-order valence-corrected chi connectivity index (χ3v) is 3.93. The Morgan fingerprint density at radius 2 is 2.33 bits per heavy atom. The van der Waals surface area contributed by atoms with Gasteiger partial charge in [-0.25, -0.2) is 4.98 Å². The summed E-state index contributed by atoms with van der Waals surface area (Å²) in [5.41, 5.74) is 2.24. The van der Waals surface area contributed by atoms with Crippen molar-refractivity contribution in [2.75, 3.05) is 7.05 Å². The van der Waals surface area contributed by atoms with Gasteiger partial charge in [-0.05, 0) is 29.4 Å². The molecule has 0 aromatic carbocycles. The first-order chi connectivity index (χ1) is 8.67. The topological polar surface area (TPSA) is 71.4 Å². The Morgan fingerprint density at radius 1 is 1.56 bits per heavy atom. The van der Waals surface area contributed by atoms with Gasteiger partial charge >= 0.3 is 0 Å². The molecular weight excluding hydrogens is 296 g/mol. The molecule has 0 aliphatic carbocycles. The minimum absolute atomic E-state index is 0.101. The lowest BCUT2D eigenvalue weighted by Crippen LogP contribution is -2.21. The summed E-state index contributed by atoms with van der Waals surface area (Å²) in [7, 11) is 3.88. The van der Waals surface area contributed by atoms with E-state index in [0.29, 0.717) is 0 Å². The fraction of sp³-hybridized carbons (Fsp3) is 0.545. The van der Waals surface area contributed by atoms with Gasteiger partial charge in [-0.2, -0.15) is 10.2 Å². The molecule has 2 aromatic heterocycles. The number of halogens is 1. The number of hydrogen-bond donors (Lipinski definition) is 2. The van der Waals surface area contributed by atoms with Crippen LogP contribution in [0.4, 0.5) is 0 Å². The summed E-state index contributed by atoms with van der Waals surface area (Å²) >= 11 is 3.63. The molecule has 2 heterocycles. The van der Waals surface area contributed by atoms with E-state index < -0.39 is 0 Å². The standard InChI is InChI=1S/C11H17BrN6/c1-4-7-10(12)9(18(3)17-7)5-8(13-2)11-14-6-15-16-11/h6,8,13H,4-5H2,1-3H3,(H,14,15,16). The molecule has 1 unspecified atom stereocenters. The third kappa shape index (κ3) is 2.46. The molecule has 0 saturated carbocycles. The first kappa shape index (κ1) is 13.2. The second-order valence-corrected chi connectivity index (χ2v) is 4.89. The molecule has 18 heavy (non-hydrogen) atoms. The summed E-state index contributed by atoms with van der Waals surface area (Å²) in [6.45, 7) is 2.10. The van der Waals surface area contributed by atoms with Gasteiger partial charge in [0.25, 0.3) is 0 Å². The number of aromatic amines is 1. The van der Waals surface area contributed by atoms with Crippen LogP contribution < -0.4 is 5.32 Å². The Hall–Kier alpha value is -1.21. The van der Waals surface area contributed by atoms with Crippen molar-refractivity contribution in [1.29, 1.82) is 0 Å². The van der Waals surface area contributed by atoms with Crippen LogP contribution in [0.3, 0.4) is 0 Å². The number of H-pyrrole nitrogens is 1. The van der Waals surface area contributed by atoms with Gasteiger partial charge in [-0.1, -0.05) is 6.92 Å². The summed E-state index contributed by atoms with van der Waals surface area (Å²) in [6.07, 6.45) is 3.24. The van der Waals surface area contributed by atoms with Crippen molar-refractivity contribution in [2.45, 2.75) is 25.8 Å². The monoisotopic (exact) mass is 312 g/mol. The average Bonchev–Trinajstić information content (AvgIpc) is 2.97. The van der Waals surface area contributed by atoms with Crippen molar-refractivity contribution in [1.82, 2.24) is 30.3 Å². The molecule has 1 atom stereocenters. The second-order valence-electron chi connectivity index (χ2n) is 4.10. The molecule has 0 fully saturated rings. The zero-order chi connectivity index (χ0) is 13.1. The van der Waals surface area contributed by atoms with E-state index in [-0.39, 0.29) is 6.04 Å². The molecule has 2 rings (SSSR count). The molecule has 2 N–H and O–H groups in total. The van der Waals surface area contributed by atoms with E-state index in [1.165, 1.54) is 6.33 Å². The number of aromatic nitrogens is 5. The van der Waals surface area contributed by atoms with E-state index in [2.05, 4.69) is 48.5 Å². The third-order valence-electron chi connectivity index (χ3n) is 3.01. The van der Waals surface area contributed by atoms with Crippen molar-refractivity contribution in [2.24, 2.45) is 7.05 Å². The van der Waals surface area contributed by atoms with Crippen LogP contribution in [-0.2, 0) is 19.9 Å². The van der Waals surface area contributed by atoms with Crippen LogP contribution in [-0.4, -0.2) is 32.0 Å². The fourth-order valence-corrected chi connectivity index (χ4v) is 2.73. The molecule has 0 bridgehead atoms. The van der Waals surface area contributed by atoms with Crippen LogP contribution in [0.1, 0.15) is 30.2 Å². The highest BCUT2D eigenvalue weighted by molar-refractivity contribution is 9.10. The van der Waals surface area contributed by atoms with Gasteiger partial charge in [-0.3, -0.25) is 9.78 Å². The van der Waals surface area contributed by atoms with Gasteiger partial charge in [-0.15, -0.1) is 0 Å². The van der Waals surface area contributed by atoms with Gasteiger partial charge in [0, 0.05) is 13.5 Å². The number of likely N-dealkylation sites (N-methyl/N-ethyl adjacent to an activating group) is 1. The molecule has 7 heteroatoms. The Bertz CT molecular complexity index is 504. The second kappa shape index (κ2) is 5.62. The smallest absolute Gasteiger partial charge is 0.141 e. The Balaban J connectivity index is 2.25. The van der Waals surface area contributed by atoms with E-state index in [1.54, 1.807) is 0 Å². The molecule has 0 aliphatic heterocycles. The zero-order valence-electron chi connectivity index (χ0n) is 10.7. The van der Waals surface area contributed by atoms with Gasteiger partial charge in [0.2, 0.25) is 0 Å². The number of nitrogens with zero attached hydrogens (tertiary/aromatic N) is 4. The maximum atomic E-state index is 4.49. The number of hydrogen-bond acceptors (Lipinski definition) is 4. The number of aryl methyl sites for hydroxylation is 2. The fourth-order valence-electron chi connectivity index (χ4n) is 1.95. The SMILES string of the molecule is CCc1nn(C)c(CC(NC)c2ncn[nH]2)c1Br. The van der Waals surface area contributed by atoms with E-state index in [0.717, 1.165) is 34.5 Å². The molecule has 6 nitrogen and oxygen atoms in total. The molecule has 2 aromatic rings. The van der Waals surface area contributed by atoms with Crippen LogP contribution in [0.25, 0.3) is 0 Å². The summed E-state index contributed by atoms with van der Waals surface area (Å²) in [4.78, 5) is 4.20. The maximum Gasteiger partial charge on any atom is 0.141 e. The van der Waals surface area contributed by atoms with E-state index in [9.17, 15) is 0 Å².